The summed E-state index contributed by atoms with van der Waals surface area (Å²) < 4.78 is 11.4. The van der Waals surface area contributed by atoms with Crippen LogP contribution in [0.5, 0.6) is 5.75 Å². The van der Waals surface area contributed by atoms with Crippen LogP contribution in [-0.4, -0.2) is 61.2 Å². The number of hydrogen-bond acceptors (Lipinski definition) is 4. The molecule has 0 N–H and O–H groups in total. The minimum absolute atomic E-state index is 0.0740. The highest BCUT2D eigenvalue weighted by molar-refractivity contribution is 5.78. The molecule has 2 aromatic carbocycles. The topological polar surface area (TPSA) is 42.0 Å². The normalized spacial score (nSPS) is 19.5. The molecule has 0 bridgehead atoms. The molecule has 0 radical (unpaired) electrons. The number of hydrogen-bond donors (Lipinski definition) is 0. The highest BCUT2D eigenvalue weighted by atomic mass is 16.5. The lowest BCUT2D eigenvalue weighted by atomic mass is 9.89. The van der Waals surface area contributed by atoms with Gasteiger partial charge < -0.3 is 19.3 Å². The quantitative estimate of drug-likeness (QED) is 0.755. The Labute approximate surface area is 173 Å². The van der Waals surface area contributed by atoms with Gasteiger partial charge in [0.2, 0.25) is 5.91 Å². The first-order chi connectivity index (χ1) is 14.2. The van der Waals surface area contributed by atoms with Crippen LogP contribution in [0.25, 0.3) is 0 Å². The molecule has 29 heavy (non-hydrogen) atoms. The van der Waals surface area contributed by atoms with Crippen molar-refractivity contribution in [2.24, 2.45) is 0 Å². The summed E-state index contributed by atoms with van der Waals surface area (Å²) in [6.45, 7) is 4.59. The molecule has 4 rings (SSSR count). The number of benzene rings is 2. The van der Waals surface area contributed by atoms with E-state index in [-0.39, 0.29) is 18.1 Å². The van der Waals surface area contributed by atoms with Crippen LogP contribution in [0.1, 0.15) is 24.0 Å². The molecule has 2 aromatic rings. The third-order valence-corrected chi connectivity index (χ3v) is 6.17. The van der Waals surface area contributed by atoms with E-state index in [0.29, 0.717) is 13.1 Å². The average molecular weight is 395 g/mol. The summed E-state index contributed by atoms with van der Waals surface area (Å²) in [7, 11) is 1.67. The second-order valence-corrected chi connectivity index (χ2v) is 8.15. The van der Waals surface area contributed by atoms with Crippen LogP contribution < -0.4 is 4.74 Å². The molecular formula is C24H30N2O3. The number of nitrogens with zero attached hydrogens (tertiary/aromatic N) is 2. The Morgan fingerprint density at radius 1 is 1.03 bits per heavy atom. The second kappa shape index (κ2) is 8.97. The summed E-state index contributed by atoms with van der Waals surface area (Å²) in [5.41, 5.74) is 2.28. The third kappa shape index (κ3) is 4.98. The smallest absolute Gasteiger partial charge is 0.248 e. The molecule has 0 unspecified atom stereocenters. The fraction of sp³-hybridized carbons (Fsp3) is 0.458. The van der Waals surface area contributed by atoms with Crippen LogP contribution in [0.4, 0.5) is 0 Å². The van der Waals surface area contributed by atoms with Crippen molar-refractivity contribution in [1.82, 2.24) is 9.80 Å². The second-order valence-electron chi connectivity index (χ2n) is 8.15. The van der Waals surface area contributed by atoms with Crippen molar-refractivity contribution in [2.45, 2.75) is 31.4 Å². The van der Waals surface area contributed by atoms with Gasteiger partial charge in [0.1, 0.15) is 12.4 Å². The largest absolute Gasteiger partial charge is 0.497 e. The number of piperidine rings is 1. The number of amides is 1. The summed E-state index contributed by atoms with van der Waals surface area (Å²) in [6, 6.07) is 18.6. The highest BCUT2D eigenvalue weighted by Gasteiger charge is 2.42. The lowest BCUT2D eigenvalue weighted by Crippen LogP contribution is -2.58. The molecule has 0 atom stereocenters. The van der Waals surface area contributed by atoms with E-state index in [9.17, 15) is 4.79 Å². The van der Waals surface area contributed by atoms with Gasteiger partial charge in [-0.05, 0) is 42.5 Å². The minimum Gasteiger partial charge on any atom is -0.497 e. The summed E-state index contributed by atoms with van der Waals surface area (Å²) in [6.07, 6.45) is 3.03. The van der Waals surface area contributed by atoms with Gasteiger partial charge >= 0.3 is 0 Å². The number of morpholine rings is 1. The predicted octanol–water partition coefficient (Wildman–Crippen LogP) is 3.13. The fourth-order valence-corrected chi connectivity index (χ4v) is 4.34. The van der Waals surface area contributed by atoms with Crippen molar-refractivity contribution < 1.29 is 14.3 Å². The molecule has 2 fully saturated rings. The highest BCUT2D eigenvalue weighted by Crippen LogP contribution is 2.31. The van der Waals surface area contributed by atoms with E-state index in [1.807, 2.05) is 29.2 Å². The standard InChI is InChI=1S/C24H30N2O3/c1-28-22-9-5-8-21(16-22)17-26-19-24(29-18-23(26)27)11-14-25(15-12-24)13-10-20-6-3-2-4-7-20/h2-9,16H,10-15,17-19H2,1H3. The molecule has 0 aliphatic carbocycles. The lowest BCUT2D eigenvalue weighted by molar-refractivity contribution is -0.172. The van der Waals surface area contributed by atoms with Crippen molar-refractivity contribution in [1.29, 1.82) is 0 Å². The Kier molecular flexibility index (Phi) is 6.16. The summed E-state index contributed by atoms with van der Waals surface area (Å²) in [5, 5.41) is 0. The van der Waals surface area contributed by atoms with Gasteiger partial charge in [0.05, 0.1) is 19.3 Å². The van der Waals surface area contributed by atoms with Crippen molar-refractivity contribution in [3.05, 3.63) is 65.7 Å². The van der Waals surface area contributed by atoms with Crippen LogP contribution >= 0.6 is 0 Å². The fourth-order valence-electron chi connectivity index (χ4n) is 4.34. The zero-order chi connectivity index (χ0) is 20.1. The summed E-state index contributed by atoms with van der Waals surface area (Å²) in [5.74, 6) is 0.898. The van der Waals surface area contributed by atoms with Crippen LogP contribution in [-0.2, 0) is 22.5 Å². The molecule has 5 nitrogen and oxygen atoms in total. The molecule has 5 heteroatoms. The molecule has 2 aliphatic heterocycles. The number of carbonyl (C=O) groups excluding carboxylic acids is 1. The van der Waals surface area contributed by atoms with Crippen molar-refractivity contribution in [3.63, 3.8) is 0 Å². The van der Waals surface area contributed by atoms with Crippen LogP contribution in [0.15, 0.2) is 54.6 Å². The Balaban J connectivity index is 1.32. The molecular weight excluding hydrogens is 364 g/mol. The number of rotatable bonds is 6. The minimum atomic E-state index is -0.198. The summed E-state index contributed by atoms with van der Waals surface area (Å²) in [4.78, 5) is 16.9. The van der Waals surface area contributed by atoms with Crippen LogP contribution in [0.3, 0.4) is 0 Å². The van der Waals surface area contributed by atoms with E-state index in [4.69, 9.17) is 9.47 Å². The first-order valence-electron chi connectivity index (χ1n) is 10.5. The van der Waals surface area contributed by atoms with Crippen molar-refractivity contribution in [2.75, 3.05) is 39.9 Å². The average Bonchev–Trinajstić information content (AvgIpc) is 2.77. The van der Waals surface area contributed by atoms with E-state index < -0.39 is 0 Å². The monoisotopic (exact) mass is 394 g/mol. The molecule has 2 heterocycles. The first kappa shape index (κ1) is 19.9. The van der Waals surface area contributed by atoms with E-state index in [2.05, 4.69) is 35.2 Å². The zero-order valence-electron chi connectivity index (χ0n) is 17.2. The Morgan fingerprint density at radius 3 is 2.55 bits per heavy atom. The van der Waals surface area contributed by atoms with E-state index in [1.165, 1.54) is 5.56 Å². The van der Waals surface area contributed by atoms with Gasteiger partial charge in [0, 0.05) is 26.2 Å². The van der Waals surface area contributed by atoms with Crippen molar-refractivity contribution >= 4 is 5.91 Å². The van der Waals surface area contributed by atoms with E-state index in [0.717, 1.165) is 50.2 Å². The van der Waals surface area contributed by atoms with Crippen LogP contribution in [0, 0.1) is 0 Å². The SMILES string of the molecule is COc1cccc(CN2CC3(CCN(CCc4ccccc4)CC3)OCC2=O)c1. The molecule has 2 saturated heterocycles. The van der Waals surface area contributed by atoms with Gasteiger partial charge in [-0.15, -0.1) is 0 Å². The third-order valence-electron chi connectivity index (χ3n) is 6.17. The van der Waals surface area contributed by atoms with E-state index in [1.54, 1.807) is 7.11 Å². The van der Waals surface area contributed by atoms with Crippen molar-refractivity contribution in [3.8, 4) is 5.75 Å². The molecule has 2 aliphatic rings. The summed E-state index contributed by atoms with van der Waals surface area (Å²) >= 11 is 0. The van der Waals surface area contributed by atoms with Gasteiger partial charge in [-0.3, -0.25) is 4.79 Å². The maximum absolute atomic E-state index is 12.5. The zero-order valence-corrected chi connectivity index (χ0v) is 17.2. The Bertz CT molecular complexity index is 816. The maximum atomic E-state index is 12.5. The van der Waals surface area contributed by atoms with Gasteiger partial charge in [-0.25, -0.2) is 0 Å². The number of methoxy groups -OCH3 is 1. The number of ether oxygens (including phenoxy) is 2. The lowest BCUT2D eigenvalue weighted by Gasteiger charge is -2.47. The number of likely N-dealkylation sites (tertiary alicyclic amines) is 1. The van der Waals surface area contributed by atoms with Crippen LogP contribution in [0.2, 0.25) is 0 Å². The predicted molar refractivity (Wildman–Crippen MR) is 113 cm³/mol. The first-order valence-corrected chi connectivity index (χ1v) is 10.5. The van der Waals surface area contributed by atoms with E-state index >= 15 is 0 Å². The molecule has 1 spiro atoms. The molecule has 0 aromatic heterocycles. The Hall–Kier alpha value is -2.37. The molecule has 154 valence electrons. The van der Waals surface area contributed by atoms with Gasteiger partial charge in [-0.2, -0.15) is 0 Å². The van der Waals surface area contributed by atoms with Gasteiger partial charge in [0.15, 0.2) is 0 Å². The number of carbonyl (C=O) groups is 1. The molecule has 0 saturated carbocycles. The maximum Gasteiger partial charge on any atom is 0.248 e. The molecule has 1 amide bonds. The Morgan fingerprint density at radius 2 is 1.79 bits per heavy atom. The van der Waals surface area contributed by atoms with Gasteiger partial charge in [-0.1, -0.05) is 42.5 Å². The van der Waals surface area contributed by atoms with Gasteiger partial charge in [0.25, 0.3) is 0 Å².